The normalized spacial score (nSPS) is 12.7. The molecule has 0 aliphatic heterocycles. The van der Waals surface area contributed by atoms with Gasteiger partial charge in [0.2, 0.25) is 0 Å². The standard InChI is InChI=1S/C24H30F3N3O6/c1-7-29-18(24(25,26)27)17(19(31)30(8-2)22(29)34)15-11-9-14(10-12-15)13-16(20(32)35-6)28-21(33)36-23(3,4)5/h9-12,16H,7-8,13H2,1-6H3,(H,28,33)/t16-/m0/s1. The van der Waals surface area contributed by atoms with E-state index >= 15 is 0 Å². The number of carbonyl (C=O) groups excluding carboxylic acids is 2. The molecule has 0 aliphatic rings. The van der Waals surface area contributed by atoms with Crippen molar-refractivity contribution in [1.82, 2.24) is 14.5 Å². The molecule has 198 valence electrons. The second kappa shape index (κ2) is 11.0. The van der Waals surface area contributed by atoms with Gasteiger partial charge in [-0.25, -0.2) is 14.4 Å². The van der Waals surface area contributed by atoms with Crippen molar-refractivity contribution in [3.8, 4) is 11.1 Å². The van der Waals surface area contributed by atoms with Gasteiger partial charge >= 0.3 is 23.9 Å². The van der Waals surface area contributed by atoms with Crippen LogP contribution in [0.5, 0.6) is 0 Å². The first-order valence-corrected chi connectivity index (χ1v) is 11.3. The Kier molecular flexibility index (Phi) is 8.76. The third-order valence-corrected chi connectivity index (χ3v) is 5.19. The molecule has 12 heteroatoms. The smallest absolute Gasteiger partial charge is 0.432 e. The minimum atomic E-state index is -4.96. The van der Waals surface area contributed by atoms with Gasteiger partial charge in [0.25, 0.3) is 5.56 Å². The summed E-state index contributed by atoms with van der Waals surface area (Å²) in [7, 11) is 1.15. The lowest BCUT2D eigenvalue weighted by Gasteiger charge is -2.23. The highest BCUT2D eigenvalue weighted by molar-refractivity contribution is 5.81. The predicted molar refractivity (Wildman–Crippen MR) is 126 cm³/mol. The summed E-state index contributed by atoms with van der Waals surface area (Å²) in [5, 5.41) is 2.42. The van der Waals surface area contributed by atoms with Crippen molar-refractivity contribution in [3.05, 3.63) is 56.4 Å². The molecule has 0 fully saturated rings. The Morgan fingerprint density at radius 3 is 2.00 bits per heavy atom. The number of ether oxygens (including phenoxy) is 2. The average molecular weight is 514 g/mol. The maximum Gasteiger partial charge on any atom is 0.432 e. The molecule has 1 atom stereocenters. The SMILES string of the molecule is CCn1c(C(F)(F)F)c(-c2ccc(C[C@H](NC(=O)OC(C)(C)C)C(=O)OC)cc2)c(=O)n(CC)c1=O. The molecule has 1 amide bonds. The number of nitrogens with one attached hydrogen (secondary N) is 1. The molecule has 0 saturated carbocycles. The van der Waals surface area contributed by atoms with E-state index in [9.17, 15) is 32.3 Å². The number of benzene rings is 1. The zero-order valence-electron chi connectivity index (χ0n) is 21.0. The third kappa shape index (κ3) is 6.55. The quantitative estimate of drug-likeness (QED) is 0.569. The van der Waals surface area contributed by atoms with Crippen molar-refractivity contribution in [2.24, 2.45) is 0 Å². The molecule has 9 nitrogen and oxygen atoms in total. The molecule has 0 radical (unpaired) electrons. The molecule has 0 unspecified atom stereocenters. The Hall–Kier alpha value is -3.57. The Bertz CT molecular complexity index is 1220. The maximum absolute atomic E-state index is 14.0. The van der Waals surface area contributed by atoms with Gasteiger partial charge in [-0.15, -0.1) is 0 Å². The molecule has 1 aromatic carbocycles. The van der Waals surface area contributed by atoms with Gasteiger partial charge in [-0.2, -0.15) is 13.2 Å². The fourth-order valence-electron chi connectivity index (χ4n) is 3.66. The molecule has 2 rings (SSSR count). The first kappa shape index (κ1) is 28.7. The van der Waals surface area contributed by atoms with Gasteiger partial charge in [0.05, 0.1) is 12.7 Å². The van der Waals surface area contributed by atoms with Crippen LogP contribution in [0.2, 0.25) is 0 Å². The topological polar surface area (TPSA) is 109 Å². The number of methoxy groups -OCH3 is 1. The summed E-state index contributed by atoms with van der Waals surface area (Å²) < 4.78 is 53.1. The van der Waals surface area contributed by atoms with Crippen molar-refractivity contribution in [2.45, 2.75) is 71.9 Å². The lowest BCUT2D eigenvalue weighted by molar-refractivity contribution is -0.144. The Balaban J connectivity index is 2.51. The molecule has 1 heterocycles. The van der Waals surface area contributed by atoms with Gasteiger partial charge in [-0.05, 0) is 45.7 Å². The van der Waals surface area contributed by atoms with E-state index in [0.29, 0.717) is 10.1 Å². The Labute approximate surface area is 205 Å². The second-order valence-electron chi connectivity index (χ2n) is 8.92. The van der Waals surface area contributed by atoms with Gasteiger partial charge in [0.1, 0.15) is 17.3 Å². The summed E-state index contributed by atoms with van der Waals surface area (Å²) in [6.07, 6.45) is -5.85. The number of hydrogen-bond acceptors (Lipinski definition) is 6. The van der Waals surface area contributed by atoms with E-state index in [1.165, 1.54) is 38.1 Å². The van der Waals surface area contributed by atoms with Crippen LogP contribution in [0.15, 0.2) is 33.9 Å². The highest BCUT2D eigenvalue weighted by Gasteiger charge is 2.40. The number of aromatic nitrogens is 2. The molecule has 1 aromatic heterocycles. The number of amides is 1. The molecule has 2 aromatic rings. The monoisotopic (exact) mass is 513 g/mol. The second-order valence-corrected chi connectivity index (χ2v) is 8.92. The van der Waals surface area contributed by atoms with E-state index < -0.39 is 52.4 Å². The minimum Gasteiger partial charge on any atom is -0.467 e. The number of alkyl carbamates (subject to hydrolysis) is 1. The first-order valence-electron chi connectivity index (χ1n) is 11.3. The Morgan fingerprint density at radius 2 is 1.56 bits per heavy atom. The fraction of sp³-hybridized carbons (Fsp3) is 0.500. The van der Waals surface area contributed by atoms with E-state index in [2.05, 4.69) is 5.32 Å². The molecule has 0 saturated heterocycles. The third-order valence-electron chi connectivity index (χ3n) is 5.19. The fourth-order valence-corrected chi connectivity index (χ4v) is 3.66. The number of esters is 1. The van der Waals surface area contributed by atoms with Gasteiger partial charge < -0.3 is 14.8 Å². The molecule has 36 heavy (non-hydrogen) atoms. The average Bonchev–Trinajstić information content (AvgIpc) is 2.77. The zero-order valence-corrected chi connectivity index (χ0v) is 21.0. The predicted octanol–water partition coefficient (Wildman–Crippen LogP) is 3.34. The van der Waals surface area contributed by atoms with Crippen molar-refractivity contribution in [2.75, 3.05) is 7.11 Å². The van der Waals surface area contributed by atoms with Gasteiger partial charge in [-0.1, -0.05) is 24.3 Å². The summed E-state index contributed by atoms with van der Waals surface area (Å²) in [6.45, 7) is 7.46. The van der Waals surface area contributed by atoms with E-state index in [1.54, 1.807) is 20.8 Å². The van der Waals surface area contributed by atoms with Crippen molar-refractivity contribution in [1.29, 1.82) is 0 Å². The lowest BCUT2D eigenvalue weighted by Crippen LogP contribution is -2.45. The largest absolute Gasteiger partial charge is 0.467 e. The molecular weight excluding hydrogens is 483 g/mol. The molecule has 0 bridgehead atoms. The van der Waals surface area contributed by atoms with Crippen LogP contribution in [0.1, 0.15) is 45.9 Å². The molecule has 1 N–H and O–H groups in total. The molecule has 0 aliphatic carbocycles. The summed E-state index contributed by atoms with van der Waals surface area (Å²) in [5.74, 6) is -0.745. The lowest BCUT2D eigenvalue weighted by atomic mass is 9.99. The van der Waals surface area contributed by atoms with Crippen LogP contribution < -0.4 is 16.6 Å². The highest BCUT2D eigenvalue weighted by Crippen LogP contribution is 2.34. The number of nitrogens with zero attached hydrogens (tertiary/aromatic N) is 2. The molecule has 0 spiro atoms. The van der Waals surface area contributed by atoms with Crippen molar-refractivity contribution >= 4 is 12.1 Å². The van der Waals surface area contributed by atoms with Crippen LogP contribution in [-0.4, -0.2) is 39.9 Å². The van der Waals surface area contributed by atoms with E-state index in [0.717, 1.165) is 11.7 Å². The van der Waals surface area contributed by atoms with Crippen LogP contribution in [-0.2, 0) is 40.0 Å². The Morgan fingerprint density at radius 1 is 1.00 bits per heavy atom. The van der Waals surface area contributed by atoms with Gasteiger partial charge in [0, 0.05) is 19.5 Å². The summed E-state index contributed by atoms with van der Waals surface area (Å²) in [5.41, 5.74) is -4.43. The number of rotatable bonds is 7. The van der Waals surface area contributed by atoms with E-state index in [4.69, 9.17) is 9.47 Å². The first-order chi connectivity index (χ1) is 16.6. The summed E-state index contributed by atoms with van der Waals surface area (Å²) in [6, 6.07) is 4.33. The van der Waals surface area contributed by atoms with Crippen LogP contribution in [0.4, 0.5) is 18.0 Å². The van der Waals surface area contributed by atoms with Crippen LogP contribution >= 0.6 is 0 Å². The zero-order chi connectivity index (χ0) is 27.4. The summed E-state index contributed by atoms with van der Waals surface area (Å²) >= 11 is 0. The van der Waals surface area contributed by atoms with Crippen molar-refractivity contribution in [3.63, 3.8) is 0 Å². The highest BCUT2D eigenvalue weighted by atomic mass is 19.4. The van der Waals surface area contributed by atoms with Gasteiger partial charge in [-0.3, -0.25) is 13.9 Å². The van der Waals surface area contributed by atoms with Crippen LogP contribution in [0.3, 0.4) is 0 Å². The van der Waals surface area contributed by atoms with Crippen LogP contribution in [0, 0.1) is 0 Å². The number of alkyl halides is 3. The number of halogens is 3. The van der Waals surface area contributed by atoms with Crippen molar-refractivity contribution < 1.29 is 32.2 Å². The number of carbonyl (C=O) groups is 2. The maximum atomic E-state index is 14.0. The number of hydrogen-bond donors (Lipinski definition) is 1. The minimum absolute atomic E-state index is 0.0461. The van der Waals surface area contributed by atoms with E-state index in [-0.39, 0.29) is 25.1 Å². The van der Waals surface area contributed by atoms with Crippen LogP contribution in [0.25, 0.3) is 11.1 Å². The molecular formula is C24H30F3N3O6. The van der Waals surface area contributed by atoms with E-state index in [1.807, 2.05) is 0 Å². The summed E-state index contributed by atoms with van der Waals surface area (Å²) in [4.78, 5) is 49.7. The van der Waals surface area contributed by atoms with Gasteiger partial charge in [0.15, 0.2) is 0 Å².